The number of aliphatic hydroxyl groups excluding tert-OH is 1. The fourth-order valence-corrected chi connectivity index (χ4v) is 1.86. The highest BCUT2D eigenvalue weighted by molar-refractivity contribution is 5.95. The van der Waals surface area contributed by atoms with Crippen molar-refractivity contribution in [2.24, 2.45) is 0 Å². The van der Waals surface area contributed by atoms with E-state index in [0.717, 1.165) is 6.07 Å². The molecule has 1 N–H and O–H groups in total. The van der Waals surface area contributed by atoms with E-state index in [2.05, 4.69) is 4.74 Å². The van der Waals surface area contributed by atoms with Gasteiger partial charge in [0.25, 0.3) is 11.6 Å². The number of nitrogens with zero attached hydrogens (tertiary/aromatic N) is 2. The molecule has 8 nitrogen and oxygen atoms in total. The molecule has 0 aliphatic rings. The van der Waals surface area contributed by atoms with Crippen LogP contribution in [-0.2, 0) is 9.53 Å². The van der Waals surface area contributed by atoms with Crippen molar-refractivity contribution < 1.29 is 24.4 Å². The van der Waals surface area contributed by atoms with Crippen molar-refractivity contribution in [3.8, 4) is 0 Å². The SMILES string of the molecule is COC(=O)CCN(CC(C)O)C(=O)c1cccc([N+](=O)[O-])c1. The van der Waals surface area contributed by atoms with Crippen molar-refractivity contribution in [1.82, 2.24) is 4.90 Å². The lowest BCUT2D eigenvalue weighted by molar-refractivity contribution is -0.384. The molecule has 0 aliphatic heterocycles. The quantitative estimate of drug-likeness (QED) is 0.456. The van der Waals surface area contributed by atoms with Crippen molar-refractivity contribution in [1.29, 1.82) is 0 Å². The van der Waals surface area contributed by atoms with E-state index < -0.39 is 22.9 Å². The Morgan fingerprint density at radius 3 is 2.68 bits per heavy atom. The summed E-state index contributed by atoms with van der Waals surface area (Å²) in [5, 5.41) is 20.2. The molecule has 0 spiro atoms. The summed E-state index contributed by atoms with van der Waals surface area (Å²) in [6, 6.07) is 5.30. The highest BCUT2D eigenvalue weighted by Gasteiger charge is 2.20. The maximum Gasteiger partial charge on any atom is 0.307 e. The van der Waals surface area contributed by atoms with Crippen LogP contribution < -0.4 is 0 Å². The number of carbonyl (C=O) groups excluding carboxylic acids is 2. The van der Waals surface area contributed by atoms with Gasteiger partial charge in [0.15, 0.2) is 0 Å². The molecule has 0 radical (unpaired) electrons. The predicted octanol–water partition coefficient (Wildman–Crippen LogP) is 0.981. The zero-order valence-corrected chi connectivity index (χ0v) is 12.4. The van der Waals surface area contributed by atoms with Crippen LogP contribution in [0.5, 0.6) is 0 Å². The Kier molecular flexibility index (Phi) is 6.46. The number of hydrogen-bond donors (Lipinski definition) is 1. The summed E-state index contributed by atoms with van der Waals surface area (Å²) in [6.07, 6.45) is -0.815. The van der Waals surface area contributed by atoms with E-state index in [-0.39, 0.29) is 30.8 Å². The van der Waals surface area contributed by atoms with Crippen LogP contribution in [0.2, 0.25) is 0 Å². The molecule has 1 atom stereocenters. The second kappa shape index (κ2) is 8.08. The summed E-state index contributed by atoms with van der Waals surface area (Å²) >= 11 is 0. The molecule has 0 saturated carbocycles. The Balaban J connectivity index is 2.92. The molecule has 1 unspecified atom stereocenters. The third-order valence-corrected chi connectivity index (χ3v) is 2.89. The third-order valence-electron chi connectivity index (χ3n) is 2.89. The number of carbonyl (C=O) groups is 2. The van der Waals surface area contributed by atoms with Crippen LogP contribution in [0, 0.1) is 10.1 Å². The summed E-state index contributed by atoms with van der Waals surface area (Å²) < 4.78 is 4.51. The molecular weight excluding hydrogens is 292 g/mol. The van der Waals surface area contributed by atoms with Gasteiger partial charge in [-0.3, -0.25) is 19.7 Å². The average Bonchev–Trinajstić information content (AvgIpc) is 2.50. The molecule has 1 rings (SSSR count). The Morgan fingerprint density at radius 2 is 2.14 bits per heavy atom. The molecule has 1 amide bonds. The number of methoxy groups -OCH3 is 1. The summed E-state index contributed by atoms with van der Waals surface area (Å²) in [4.78, 5) is 35.0. The average molecular weight is 310 g/mol. The maximum atomic E-state index is 12.4. The maximum absolute atomic E-state index is 12.4. The molecule has 0 aromatic heterocycles. The Morgan fingerprint density at radius 1 is 1.45 bits per heavy atom. The van der Waals surface area contributed by atoms with Crippen LogP contribution >= 0.6 is 0 Å². The largest absolute Gasteiger partial charge is 0.469 e. The van der Waals surface area contributed by atoms with Gasteiger partial charge in [0.2, 0.25) is 0 Å². The highest BCUT2D eigenvalue weighted by atomic mass is 16.6. The standard InChI is InChI=1S/C14H18N2O6/c1-10(17)9-15(7-6-13(18)22-2)14(19)11-4-3-5-12(8-11)16(20)21/h3-5,8,10,17H,6-7,9H2,1-2H3. The Bertz CT molecular complexity index is 558. The lowest BCUT2D eigenvalue weighted by atomic mass is 10.1. The van der Waals surface area contributed by atoms with E-state index in [1.165, 1.54) is 37.1 Å². The van der Waals surface area contributed by atoms with Gasteiger partial charge >= 0.3 is 5.97 Å². The Hall–Kier alpha value is -2.48. The fourth-order valence-electron chi connectivity index (χ4n) is 1.86. The first kappa shape index (κ1) is 17.6. The van der Waals surface area contributed by atoms with Crippen LogP contribution in [0.15, 0.2) is 24.3 Å². The van der Waals surface area contributed by atoms with Crippen molar-refractivity contribution in [2.45, 2.75) is 19.4 Å². The zero-order chi connectivity index (χ0) is 16.7. The molecule has 22 heavy (non-hydrogen) atoms. The topological polar surface area (TPSA) is 110 Å². The number of benzene rings is 1. The monoisotopic (exact) mass is 310 g/mol. The van der Waals surface area contributed by atoms with Gasteiger partial charge < -0.3 is 14.7 Å². The summed E-state index contributed by atoms with van der Waals surface area (Å²) in [5.41, 5.74) is -0.0736. The number of nitro groups is 1. The molecule has 0 fully saturated rings. The first-order valence-corrected chi connectivity index (χ1v) is 6.63. The lowest BCUT2D eigenvalue weighted by Crippen LogP contribution is -2.38. The van der Waals surface area contributed by atoms with Crippen LogP contribution in [0.1, 0.15) is 23.7 Å². The molecule has 0 bridgehead atoms. The number of esters is 1. The van der Waals surface area contributed by atoms with Crippen molar-refractivity contribution >= 4 is 17.6 Å². The number of hydrogen-bond acceptors (Lipinski definition) is 6. The summed E-state index contributed by atoms with van der Waals surface area (Å²) in [5.74, 6) is -0.976. The highest BCUT2D eigenvalue weighted by Crippen LogP contribution is 2.15. The van der Waals surface area contributed by atoms with E-state index in [9.17, 15) is 24.8 Å². The normalized spacial score (nSPS) is 11.6. The van der Waals surface area contributed by atoms with E-state index in [0.29, 0.717) is 0 Å². The number of non-ortho nitro benzene ring substituents is 1. The first-order chi connectivity index (χ1) is 10.3. The van der Waals surface area contributed by atoms with Crippen LogP contribution in [0.4, 0.5) is 5.69 Å². The Labute approximate surface area is 127 Å². The summed E-state index contributed by atoms with van der Waals surface area (Å²) in [6.45, 7) is 1.57. The second-order valence-electron chi connectivity index (χ2n) is 4.73. The van der Waals surface area contributed by atoms with Crippen LogP contribution in [0.3, 0.4) is 0 Å². The van der Waals surface area contributed by atoms with Gasteiger partial charge in [-0.1, -0.05) is 6.07 Å². The van der Waals surface area contributed by atoms with E-state index in [1.54, 1.807) is 0 Å². The number of rotatable bonds is 7. The third kappa shape index (κ3) is 5.13. The number of ether oxygens (including phenoxy) is 1. The van der Waals surface area contributed by atoms with Gasteiger partial charge in [0, 0.05) is 30.8 Å². The van der Waals surface area contributed by atoms with Crippen molar-refractivity contribution in [2.75, 3.05) is 20.2 Å². The van der Waals surface area contributed by atoms with Crippen molar-refractivity contribution in [3.63, 3.8) is 0 Å². The summed E-state index contributed by atoms with van der Waals surface area (Å²) in [7, 11) is 1.24. The molecule has 0 heterocycles. The minimum absolute atomic E-state index is 0.0124. The molecular formula is C14H18N2O6. The van der Waals surface area contributed by atoms with Crippen LogP contribution in [0.25, 0.3) is 0 Å². The van der Waals surface area contributed by atoms with Gasteiger partial charge in [0.05, 0.1) is 24.6 Å². The second-order valence-corrected chi connectivity index (χ2v) is 4.73. The molecule has 0 aliphatic carbocycles. The molecule has 1 aromatic rings. The fraction of sp³-hybridized carbons (Fsp3) is 0.429. The minimum atomic E-state index is -0.791. The van der Waals surface area contributed by atoms with E-state index in [1.807, 2.05) is 0 Å². The van der Waals surface area contributed by atoms with Gasteiger partial charge in [-0.15, -0.1) is 0 Å². The minimum Gasteiger partial charge on any atom is -0.469 e. The van der Waals surface area contributed by atoms with Gasteiger partial charge in [-0.2, -0.15) is 0 Å². The lowest BCUT2D eigenvalue weighted by Gasteiger charge is -2.23. The molecule has 8 heteroatoms. The smallest absolute Gasteiger partial charge is 0.307 e. The number of nitro benzene ring substituents is 1. The molecule has 0 saturated heterocycles. The number of amides is 1. The van der Waals surface area contributed by atoms with Crippen molar-refractivity contribution in [3.05, 3.63) is 39.9 Å². The molecule has 120 valence electrons. The molecule has 1 aromatic carbocycles. The number of aliphatic hydroxyl groups is 1. The van der Waals surface area contributed by atoms with Crippen LogP contribution in [-0.4, -0.2) is 53.1 Å². The van der Waals surface area contributed by atoms with Gasteiger partial charge in [0.1, 0.15) is 0 Å². The van der Waals surface area contributed by atoms with E-state index in [4.69, 9.17) is 0 Å². The first-order valence-electron chi connectivity index (χ1n) is 6.63. The van der Waals surface area contributed by atoms with Gasteiger partial charge in [-0.05, 0) is 13.0 Å². The zero-order valence-electron chi connectivity index (χ0n) is 12.4. The van der Waals surface area contributed by atoms with E-state index >= 15 is 0 Å². The predicted molar refractivity (Wildman–Crippen MR) is 77.3 cm³/mol. The van der Waals surface area contributed by atoms with Gasteiger partial charge in [-0.25, -0.2) is 0 Å².